The van der Waals surface area contributed by atoms with Crippen LogP contribution in [0.4, 0.5) is 8.78 Å². The highest BCUT2D eigenvalue weighted by Gasteiger charge is 2.10. The third-order valence-electron chi connectivity index (χ3n) is 2.44. The fourth-order valence-corrected chi connectivity index (χ4v) is 1.70. The molecule has 0 radical (unpaired) electrons. The molecule has 1 aliphatic heterocycles. The summed E-state index contributed by atoms with van der Waals surface area (Å²) in [5.41, 5.74) is 2.42. The van der Waals surface area contributed by atoms with Gasteiger partial charge in [0.05, 0.1) is 0 Å². The lowest BCUT2D eigenvalue weighted by molar-refractivity contribution is 0.0818. The number of fused-ring (bicyclic) bond motifs is 1. The van der Waals surface area contributed by atoms with Crippen LogP contribution in [0.1, 0.15) is 11.1 Å². The Morgan fingerprint density at radius 3 is 3.00 bits per heavy atom. The van der Waals surface area contributed by atoms with Gasteiger partial charge in [0.25, 0.3) is 6.43 Å². The van der Waals surface area contributed by atoms with Crippen LogP contribution in [0.5, 0.6) is 5.75 Å². The van der Waals surface area contributed by atoms with E-state index in [1.807, 2.05) is 12.1 Å². The molecule has 1 aromatic rings. The minimum absolute atomic E-state index is 0.531. The smallest absolute Gasteiger partial charge is 0.272 e. The molecule has 15 heavy (non-hydrogen) atoms. The van der Waals surface area contributed by atoms with Crippen molar-refractivity contribution in [3.8, 4) is 5.75 Å². The fourth-order valence-electron chi connectivity index (χ4n) is 1.70. The van der Waals surface area contributed by atoms with Gasteiger partial charge in [-0.05, 0) is 36.2 Å². The molecule has 82 valence electrons. The summed E-state index contributed by atoms with van der Waals surface area (Å²) in [5.74, 6) is 0.538. The second-order valence-electron chi connectivity index (χ2n) is 3.56. The number of ether oxygens (including phenoxy) is 1. The number of rotatable bonds is 3. The molecule has 1 aromatic carbocycles. The largest absolute Gasteiger partial charge is 0.488 e. The van der Waals surface area contributed by atoms with Gasteiger partial charge in [0.1, 0.15) is 12.4 Å². The van der Waals surface area contributed by atoms with Crippen LogP contribution in [0, 0.1) is 0 Å². The lowest BCUT2D eigenvalue weighted by Gasteiger charge is -2.17. The van der Waals surface area contributed by atoms with Crippen LogP contribution in [0.3, 0.4) is 0 Å². The number of halogens is 2. The van der Waals surface area contributed by atoms with Gasteiger partial charge in [0.15, 0.2) is 0 Å². The lowest BCUT2D eigenvalue weighted by Crippen LogP contribution is -2.23. The molecule has 1 aliphatic rings. The SMILES string of the molecule is FC(F)COc1ccc2c(c1)CCNC2. The topological polar surface area (TPSA) is 21.3 Å². The highest BCUT2D eigenvalue weighted by Crippen LogP contribution is 2.20. The summed E-state index contributed by atoms with van der Waals surface area (Å²) in [5, 5.41) is 3.25. The van der Waals surface area contributed by atoms with Crippen molar-refractivity contribution >= 4 is 0 Å². The molecule has 1 N–H and O–H groups in total. The van der Waals surface area contributed by atoms with E-state index in [2.05, 4.69) is 5.32 Å². The maximum atomic E-state index is 11.9. The van der Waals surface area contributed by atoms with E-state index in [-0.39, 0.29) is 0 Å². The molecule has 0 saturated heterocycles. The molecule has 0 aliphatic carbocycles. The Labute approximate surface area is 87.2 Å². The number of hydrogen-bond donors (Lipinski definition) is 1. The first-order chi connectivity index (χ1) is 7.25. The van der Waals surface area contributed by atoms with E-state index in [0.717, 1.165) is 19.5 Å². The molecule has 0 fully saturated rings. The van der Waals surface area contributed by atoms with Crippen molar-refractivity contribution in [1.29, 1.82) is 0 Å². The maximum absolute atomic E-state index is 11.9. The molecule has 0 amide bonds. The highest BCUT2D eigenvalue weighted by molar-refractivity contribution is 5.37. The van der Waals surface area contributed by atoms with Crippen LogP contribution in [0.15, 0.2) is 18.2 Å². The summed E-state index contributed by atoms with van der Waals surface area (Å²) in [6.45, 7) is 1.26. The van der Waals surface area contributed by atoms with E-state index in [4.69, 9.17) is 4.74 Å². The summed E-state index contributed by atoms with van der Waals surface area (Å²) in [4.78, 5) is 0. The predicted octanol–water partition coefficient (Wildman–Crippen LogP) is 1.98. The Balaban J connectivity index is 2.07. The van der Waals surface area contributed by atoms with E-state index >= 15 is 0 Å². The zero-order valence-corrected chi connectivity index (χ0v) is 8.30. The normalized spacial score (nSPS) is 15.1. The predicted molar refractivity (Wildman–Crippen MR) is 53.4 cm³/mol. The molecule has 0 unspecified atom stereocenters. The molecule has 0 bridgehead atoms. The molecule has 0 spiro atoms. The molecule has 1 heterocycles. The number of alkyl halides is 2. The third kappa shape index (κ3) is 2.65. The minimum Gasteiger partial charge on any atom is -0.488 e. The van der Waals surface area contributed by atoms with Gasteiger partial charge < -0.3 is 10.1 Å². The Morgan fingerprint density at radius 1 is 1.33 bits per heavy atom. The van der Waals surface area contributed by atoms with Crippen molar-refractivity contribution in [2.45, 2.75) is 19.4 Å². The summed E-state index contributed by atoms with van der Waals surface area (Å²) >= 11 is 0. The van der Waals surface area contributed by atoms with E-state index < -0.39 is 13.0 Å². The maximum Gasteiger partial charge on any atom is 0.272 e. The second-order valence-corrected chi connectivity index (χ2v) is 3.56. The summed E-state index contributed by atoms with van der Waals surface area (Å²) in [6, 6.07) is 5.54. The Hall–Kier alpha value is -1.16. The van der Waals surface area contributed by atoms with Crippen molar-refractivity contribution in [3.05, 3.63) is 29.3 Å². The Morgan fingerprint density at radius 2 is 2.20 bits per heavy atom. The van der Waals surface area contributed by atoms with Crippen molar-refractivity contribution in [2.75, 3.05) is 13.2 Å². The third-order valence-corrected chi connectivity index (χ3v) is 2.44. The molecule has 0 saturated carbocycles. The van der Waals surface area contributed by atoms with Crippen LogP contribution < -0.4 is 10.1 Å². The van der Waals surface area contributed by atoms with Crippen LogP contribution in [0.2, 0.25) is 0 Å². The average Bonchev–Trinajstić information content (AvgIpc) is 2.26. The zero-order chi connectivity index (χ0) is 10.7. The van der Waals surface area contributed by atoms with Crippen molar-refractivity contribution in [3.63, 3.8) is 0 Å². The van der Waals surface area contributed by atoms with E-state index in [1.165, 1.54) is 11.1 Å². The molecule has 4 heteroatoms. The summed E-state index contributed by atoms with van der Waals surface area (Å²) in [6.07, 6.45) is -1.48. The van der Waals surface area contributed by atoms with Crippen LogP contribution in [0.25, 0.3) is 0 Å². The lowest BCUT2D eigenvalue weighted by atomic mass is 10.0. The molecule has 0 aromatic heterocycles. The Bertz CT molecular complexity index is 341. The first kappa shape index (κ1) is 10.4. The van der Waals surface area contributed by atoms with Gasteiger partial charge in [0.2, 0.25) is 0 Å². The van der Waals surface area contributed by atoms with E-state index in [0.29, 0.717) is 5.75 Å². The highest BCUT2D eigenvalue weighted by atomic mass is 19.3. The number of nitrogens with one attached hydrogen (secondary N) is 1. The summed E-state index contributed by atoms with van der Waals surface area (Å²) in [7, 11) is 0. The standard InChI is InChI=1S/C11H13F2NO/c12-11(13)7-15-10-2-1-9-6-14-4-3-8(9)5-10/h1-2,5,11,14H,3-4,6-7H2. The quantitative estimate of drug-likeness (QED) is 0.828. The van der Waals surface area contributed by atoms with Gasteiger partial charge in [0, 0.05) is 6.54 Å². The van der Waals surface area contributed by atoms with Gasteiger partial charge in [-0.25, -0.2) is 8.78 Å². The number of benzene rings is 1. The van der Waals surface area contributed by atoms with Crippen molar-refractivity contribution in [1.82, 2.24) is 5.32 Å². The molecular weight excluding hydrogens is 200 g/mol. The zero-order valence-electron chi connectivity index (χ0n) is 8.30. The molecule has 0 atom stereocenters. The van der Waals surface area contributed by atoms with Crippen LogP contribution in [-0.2, 0) is 13.0 Å². The molecular formula is C11H13F2NO. The van der Waals surface area contributed by atoms with Gasteiger partial charge in [-0.15, -0.1) is 0 Å². The van der Waals surface area contributed by atoms with Gasteiger partial charge >= 0.3 is 0 Å². The van der Waals surface area contributed by atoms with E-state index in [1.54, 1.807) is 6.07 Å². The molecule has 2 nitrogen and oxygen atoms in total. The van der Waals surface area contributed by atoms with Gasteiger partial charge in [-0.1, -0.05) is 6.07 Å². The van der Waals surface area contributed by atoms with E-state index in [9.17, 15) is 8.78 Å². The van der Waals surface area contributed by atoms with Gasteiger partial charge in [-0.2, -0.15) is 0 Å². The summed E-state index contributed by atoms with van der Waals surface area (Å²) < 4.78 is 28.8. The first-order valence-electron chi connectivity index (χ1n) is 4.99. The van der Waals surface area contributed by atoms with Crippen LogP contribution in [-0.4, -0.2) is 19.6 Å². The minimum atomic E-state index is -2.41. The Kier molecular flexibility index (Phi) is 3.16. The second kappa shape index (κ2) is 4.57. The van der Waals surface area contributed by atoms with Crippen LogP contribution >= 0.6 is 0 Å². The number of hydrogen-bond acceptors (Lipinski definition) is 2. The van der Waals surface area contributed by atoms with Crippen molar-refractivity contribution < 1.29 is 13.5 Å². The van der Waals surface area contributed by atoms with Crippen molar-refractivity contribution in [2.24, 2.45) is 0 Å². The fraction of sp³-hybridized carbons (Fsp3) is 0.455. The first-order valence-corrected chi connectivity index (χ1v) is 4.99. The average molecular weight is 213 g/mol. The monoisotopic (exact) mass is 213 g/mol. The van der Waals surface area contributed by atoms with Gasteiger partial charge in [-0.3, -0.25) is 0 Å². The molecule has 2 rings (SSSR count).